The number of aromatic nitrogens is 1. The van der Waals surface area contributed by atoms with E-state index in [0.717, 1.165) is 6.42 Å². The van der Waals surface area contributed by atoms with Gasteiger partial charge in [0, 0.05) is 24.4 Å². The molecule has 0 fully saturated rings. The molecular formula is C15H26N2. The molecule has 0 spiro atoms. The SMILES string of the molecule is CNC(Cc1ccccn1)CC(C)C(C)(C)C. The number of hydrogen-bond donors (Lipinski definition) is 1. The first-order valence-corrected chi connectivity index (χ1v) is 6.50. The van der Waals surface area contributed by atoms with Gasteiger partial charge in [0.05, 0.1) is 0 Å². The largest absolute Gasteiger partial charge is 0.317 e. The van der Waals surface area contributed by atoms with Crippen LogP contribution in [0.25, 0.3) is 0 Å². The fraction of sp³-hybridized carbons (Fsp3) is 0.667. The Morgan fingerprint density at radius 1 is 1.29 bits per heavy atom. The molecule has 0 aromatic carbocycles. The predicted molar refractivity (Wildman–Crippen MR) is 74.0 cm³/mol. The molecule has 1 aromatic heterocycles. The highest BCUT2D eigenvalue weighted by molar-refractivity contribution is 5.05. The van der Waals surface area contributed by atoms with Gasteiger partial charge in [-0.2, -0.15) is 0 Å². The lowest BCUT2D eigenvalue weighted by molar-refractivity contribution is 0.224. The second kappa shape index (κ2) is 6.15. The minimum absolute atomic E-state index is 0.374. The summed E-state index contributed by atoms with van der Waals surface area (Å²) < 4.78 is 0. The first kappa shape index (κ1) is 14.2. The van der Waals surface area contributed by atoms with Crippen LogP contribution in [0.15, 0.2) is 24.4 Å². The molecule has 0 aliphatic heterocycles. The van der Waals surface area contributed by atoms with Gasteiger partial charge in [0.2, 0.25) is 0 Å². The Morgan fingerprint density at radius 3 is 2.47 bits per heavy atom. The van der Waals surface area contributed by atoms with Gasteiger partial charge in [0.1, 0.15) is 0 Å². The van der Waals surface area contributed by atoms with E-state index in [1.165, 1.54) is 12.1 Å². The van der Waals surface area contributed by atoms with Crippen molar-refractivity contribution in [2.75, 3.05) is 7.05 Å². The molecule has 96 valence electrons. The molecular weight excluding hydrogens is 208 g/mol. The Hall–Kier alpha value is -0.890. The summed E-state index contributed by atoms with van der Waals surface area (Å²) >= 11 is 0. The first-order valence-electron chi connectivity index (χ1n) is 6.50. The summed E-state index contributed by atoms with van der Waals surface area (Å²) in [5, 5.41) is 3.41. The summed E-state index contributed by atoms with van der Waals surface area (Å²) in [6.07, 6.45) is 4.07. The minimum atomic E-state index is 0.374. The zero-order chi connectivity index (χ0) is 12.9. The number of hydrogen-bond acceptors (Lipinski definition) is 2. The van der Waals surface area contributed by atoms with Crippen molar-refractivity contribution < 1.29 is 0 Å². The Kier molecular flexibility index (Phi) is 5.13. The van der Waals surface area contributed by atoms with Crippen molar-refractivity contribution in [2.45, 2.75) is 46.6 Å². The van der Waals surface area contributed by atoms with E-state index in [4.69, 9.17) is 0 Å². The van der Waals surface area contributed by atoms with Crippen LogP contribution in [0.4, 0.5) is 0 Å². The fourth-order valence-corrected chi connectivity index (χ4v) is 1.85. The number of rotatable bonds is 5. The molecule has 1 heterocycles. The molecule has 2 nitrogen and oxygen atoms in total. The topological polar surface area (TPSA) is 24.9 Å². The van der Waals surface area contributed by atoms with E-state index in [9.17, 15) is 0 Å². The third kappa shape index (κ3) is 4.86. The molecule has 0 aliphatic carbocycles. The Morgan fingerprint density at radius 2 is 2.00 bits per heavy atom. The lowest BCUT2D eigenvalue weighted by Gasteiger charge is -2.30. The Labute approximate surface area is 106 Å². The zero-order valence-corrected chi connectivity index (χ0v) is 11.8. The predicted octanol–water partition coefficient (Wildman–Crippen LogP) is 3.28. The molecule has 0 saturated carbocycles. The lowest BCUT2D eigenvalue weighted by Crippen LogP contribution is -2.33. The van der Waals surface area contributed by atoms with Crippen LogP contribution >= 0.6 is 0 Å². The van der Waals surface area contributed by atoms with E-state index >= 15 is 0 Å². The van der Waals surface area contributed by atoms with Crippen LogP contribution in [0.5, 0.6) is 0 Å². The van der Waals surface area contributed by atoms with Crippen LogP contribution in [-0.2, 0) is 6.42 Å². The van der Waals surface area contributed by atoms with E-state index < -0.39 is 0 Å². The highest BCUT2D eigenvalue weighted by Crippen LogP contribution is 2.29. The first-order chi connectivity index (χ1) is 7.93. The third-order valence-corrected chi connectivity index (χ3v) is 3.71. The molecule has 0 aliphatic rings. The second-order valence-electron chi connectivity index (χ2n) is 6.01. The van der Waals surface area contributed by atoms with Crippen LogP contribution in [0.2, 0.25) is 0 Å². The maximum atomic E-state index is 4.40. The van der Waals surface area contributed by atoms with E-state index in [1.807, 2.05) is 19.3 Å². The minimum Gasteiger partial charge on any atom is -0.317 e. The molecule has 0 radical (unpaired) electrons. The molecule has 2 heteroatoms. The van der Waals surface area contributed by atoms with Gasteiger partial charge in [-0.05, 0) is 36.9 Å². The molecule has 0 amide bonds. The third-order valence-electron chi connectivity index (χ3n) is 3.71. The standard InChI is InChI=1S/C15H26N2/c1-12(15(2,3)4)10-14(16-5)11-13-8-6-7-9-17-13/h6-9,12,14,16H,10-11H2,1-5H3. The summed E-state index contributed by atoms with van der Waals surface area (Å²) in [5.74, 6) is 0.698. The van der Waals surface area contributed by atoms with Gasteiger partial charge in [-0.25, -0.2) is 0 Å². The van der Waals surface area contributed by atoms with Crippen LogP contribution in [-0.4, -0.2) is 18.1 Å². The summed E-state index contributed by atoms with van der Waals surface area (Å²) in [4.78, 5) is 4.40. The smallest absolute Gasteiger partial charge is 0.0419 e. The second-order valence-corrected chi connectivity index (χ2v) is 6.01. The van der Waals surface area contributed by atoms with Crippen molar-refractivity contribution in [3.05, 3.63) is 30.1 Å². The van der Waals surface area contributed by atoms with Gasteiger partial charge in [-0.15, -0.1) is 0 Å². The molecule has 2 atom stereocenters. The van der Waals surface area contributed by atoms with Gasteiger partial charge < -0.3 is 5.32 Å². The molecule has 1 N–H and O–H groups in total. The highest BCUT2D eigenvalue weighted by atomic mass is 14.9. The van der Waals surface area contributed by atoms with Crippen molar-refractivity contribution >= 4 is 0 Å². The van der Waals surface area contributed by atoms with Crippen molar-refractivity contribution in [3.8, 4) is 0 Å². The fourth-order valence-electron chi connectivity index (χ4n) is 1.85. The van der Waals surface area contributed by atoms with Gasteiger partial charge in [-0.3, -0.25) is 4.98 Å². The monoisotopic (exact) mass is 234 g/mol. The average molecular weight is 234 g/mol. The highest BCUT2D eigenvalue weighted by Gasteiger charge is 2.23. The lowest BCUT2D eigenvalue weighted by atomic mass is 9.78. The van der Waals surface area contributed by atoms with E-state index in [-0.39, 0.29) is 0 Å². The van der Waals surface area contributed by atoms with E-state index in [0.29, 0.717) is 17.4 Å². The molecule has 1 rings (SSSR count). The molecule has 17 heavy (non-hydrogen) atoms. The maximum Gasteiger partial charge on any atom is 0.0419 e. The van der Waals surface area contributed by atoms with Gasteiger partial charge >= 0.3 is 0 Å². The normalized spacial score (nSPS) is 15.6. The van der Waals surface area contributed by atoms with E-state index in [1.54, 1.807) is 0 Å². The Balaban J connectivity index is 2.55. The number of nitrogens with one attached hydrogen (secondary N) is 1. The molecule has 0 bridgehead atoms. The number of nitrogens with zero attached hydrogens (tertiary/aromatic N) is 1. The van der Waals surface area contributed by atoms with Crippen LogP contribution in [0, 0.1) is 11.3 Å². The van der Waals surface area contributed by atoms with Crippen molar-refractivity contribution in [1.29, 1.82) is 0 Å². The van der Waals surface area contributed by atoms with Crippen molar-refractivity contribution in [1.82, 2.24) is 10.3 Å². The average Bonchev–Trinajstić information content (AvgIpc) is 2.28. The van der Waals surface area contributed by atoms with Crippen LogP contribution in [0.1, 0.15) is 39.8 Å². The summed E-state index contributed by atoms with van der Waals surface area (Å²) in [7, 11) is 2.04. The van der Waals surface area contributed by atoms with Gasteiger partial charge in [-0.1, -0.05) is 33.8 Å². The van der Waals surface area contributed by atoms with Gasteiger partial charge in [0.25, 0.3) is 0 Å². The van der Waals surface area contributed by atoms with Gasteiger partial charge in [0.15, 0.2) is 0 Å². The summed E-state index contributed by atoms with van der Waals surface area (Å²) in [5.41, 5.74) is 1.55. The number of likely N-dealkylation sites (N-methyl/N-ethyl adjacent to an activating group) is 1. The quantitative estimate of drug-likeness (QED) is 0.845. The Bertz CT molecular complexity index is 313. The van der Waals surface area contributed by atoms with Crippen molar-refractivity contribution in [2.24, 2.45) is 11.3 Å². The summed E-state index contributed by atoms with van der Waals surface area (Å²) in [6.45, 7) is 9.27. The molecule has 1 aromatic rings. The molecule has 2 unspecified atom stereocenters. The maximum absolute atomic E-state index is 4.40. The summed E-state index contributed by atoms with van der Waals surface area (Å²) in [6, 6.07) is 6.64. The van der Waals surface area contributed by atoms with E-state index in [2.05, 4.69) is 50.1 Å². The van der Waals surface area contributed by atoms with Crippen LogP contribution < -0.4 is 5.32 Å². The van der Waals surface area contributed by atoms with Crippen LogP contribution in [0.3, 0.4) is 0 Å². The van der Waals surface area contributed by atoms with Crippen molar-refractivity contribution in [3.63, 3.8) is 0 Å². The molecule has 0 saturated heterocycles. The zero-order valence-electron chi connectivity index (χ0n) is 11.8. The number of pyridine rings is 1.